The quantitative estimate of drug-likeness (QED) is 0.856. The Kier molecular flexibility index (Phi) is 3.24. The molecule has 1 aliphatic rings. The zero-order valence-electron chi connectivity index (χ0n) is 10.6. The van der Waals surface area contributed by atoms with Crippen molar-refractivity contribution in [2.24, 2.45) is 5.92 Å². The lowest BCUT2D eigenvalue weighted by Crippen LogP contribution is -2.40. The van der Waals surface area contributed by atoms with E-state index in [0.29, 0.717) is 17.2 Å². The third-order valence-corrected chi connectivity index (χ3v) is 3.46. The Bertz CT molecular complexity index is 519. The van der Waals surface area contributed by atoms with E-state index in [9.17, 15) is 9.90 Å². The fourth-order valence-corrected chi connectivity index (χ4v) is 2.06. The average molecular weight is 243 g/mol. The number of allylic oxidation sites excluding steroid dienone is 2. The zero-order valence-corrected chi connectivity index (χ0v) is 10.6. The fraction of sp³-hybridized carbons (Fsp3) is 0.267. The second-order valence-corrected chi connectivity index (χ2v) is 4.79. The highest BCUT2D eigenvalue weighted by Gasteiger charge is 2.29. The molecule has 1 aliphatic carbocycles. The molecule has 2 unspecified atom stereocenters. The number of para-hydroxylation sites is 1. The minimum Gasteiger partial charge on any atom is -0.478 e. The minimum atomic E-state index is -0.912. The number of hydrogen-bond donors (Lipinski definition) is 2. The number of carbonyl (C=O) groups is 1. The smallest absolute Gasteiger partial charge is 0.337 e. The molecule has 0 aromatic heterocycles. The maximum Gasteiger partial charge on any atom is 0.337 e. The molecule has 1 aromatic carbocycles. The Morgan fingerprint density at radius 2 is 2.06 bits per heavy atom. The van der Waals surface area contributed by atoms with Crippen molar-refractivity contribution in [2.75, 3.05) is 5.32 Å². The summed E-state index contributed by atoms with van der Waals surface area (Å²) in [5.74, 6) is -0.617. The van der Waals surface area contributed by atoms with Gasteiger partial charge in [-0.15, -0.1) is 0 Å². The third-order valence-electron chi connectivity index (χ3n) is 3.46. The normalized spacial score (nSPS) is 26.0. The predicted molar refractivity (Wildman–Crippen MR) is 72.9 cm³/mol. The summed E-state index contributed by atoms with van der Waals surface area (Å²) < 4.78 is 0. The Hall–Kier alpha value is -2.03. The first-order chi connectivity index (χ1) is 8.53. The van der Waals surface area contributed by atoms with Crippen molar-refractivity contribution >= 4 is 11.7 Å². The number of aromatic carboxylic acids is 1. The van der Waals surface area contributed by atoms with E-state index < -0.39 is 5.97 Å². The van der Waals surface area contributed by atoms with Crippen LogP contribution in [0.3, 0.4) is 0 Å². The van der Waals surface area contributed by atoms with Gasteiger partial charge >= 0.3 is 5.97 Å². The van der Waals surface area contributed by atoms with Crippen LogP contribution in [0.1, 0.15) is 24.2 Å². The van der Waals surface area contributed by atoms with Crippen molar-refractivity contribution in [3.63, 3.8) is 0 Å². The van der Waals surface area contributed by atoms with E-state index in [4.69, 9.17) is 0 Å². The number of rotatable bonds is 3. The van der Waals surface area contributed by atoms with E-state index >= 15 is 0 Å². The average Bonchev–Trinajstić information content (AvgIpc) is 2.33. The van der Waals surface area contributed by atoms with Crippen molar-refractivity contribution in [3.8, 4) is 0 Å². The van der Waals surface area contributed by atoms with Gasteiger partial charge < -0.3 is 10.4 Å². The molecule has 0 radical (unpaired) electrons. The molecule has 3 nitrogen and oxygen atoms in total. The van der Waals surface area contributed by atoms with Gasteiger partial charge in [0.25, 0.3) is 0 Å². The third kappa shape index (κ3) is 2.30. The summed E-state index contributed by atoms with van der Waals surface area (Å²) in [5, 5.41) is 12.5. The van der Waals surface area contributed by atoms with Crippen LogP contribution in [0.4, 0.5) is 5.69 Å². The molecule has 0 fully saturated rings. The molecule has 3 heteroatoms. The van der Waals surface area contributed by atoms with Crippen molar-refractivity contribution in [1.82, 2.24) is 0 Å². The van der Waals surface area contributed by atoms with Crippen LogP contribution in [0.25, 0.3) is 0 Å². The summed E-state index contributed by atoms with van der Waals surface area (Å²) in [5.41, 5.74) is 0.688. The number of hydrogen-bond acceptors (Lipinski definition) is 2. The van der Waals surface area contributed by atoms with Crippen LogP contribution >= 0.6 is 0 Å². The van der Waals surface area contributed by atoms with Gasteiger partial charge in [-0.25, -0.2) is 4.79 Å². The standard InChI is InChI=1S/C15H17NO2/c1-11-7-5-6-10-15(11,2)16-13-9-4-3-8-12(13)14(17)18/h3-11,16H,1-2H3,(H,17,18). The van der Waals surface area contributed by atoms with Gasteiger partial charge in [0.2, 0.25) is 0 Å². The van der Waals surface area contributed by atoms with Crippen LogP contribution < -0.4 is 5.32 Å². The highest BCUT2D eigenvalue weighted by atomic mass is 16.4. The molecule has 2 N–H and O–H groups in total. The lowest BCUT2D eigenvalue weighted by molar-refractivity contribution is 0.0698. The van der Waals surface area contributed by atoms with E-state index in [1.165, 1.54) is 0 Å². The molecule has 2 rings (SSSR count). The highest BCUT2D eigenvalue weighted by Crippen LogP contribution is 2.29. The molecule has 2 atom stereocenters. The molecule has 0 saturated heterocycles. The topological polar surface area (TPSA) is 49.3 Å². The zero-order chi connectivity index (χ0) is 13.2. The van der Waals surface area contributed by atoms with Gasteiger partial charge in [0, 0.05) is 11.6 Å². The molecule has 0 bridgehead atoms. The minimum absolute atomic E-state index is 0.264. The SMILES string of the molecule is CC1C=CC=CC1(C)Nc1ccccc1C(=O)O. The molecule has 1 aromatic rings. The van der Waals surface area contributed by atoms with Gasteiger partial charge in [0.15, 0.2) is 0 Å². The first-order valence-corrected chi connectivity index (χ1v) is 5.99. The molecular weight excluding hydrogens is 226 g/mol. The Morgan fingerprint density at radius 3 is 2.72 bits per heavy atom. The predicted octanol–water partition coefficient (Wildman–Crippen LogP) is 3.32. The number of carboxylic acid groups (broad SMARTS) is 1. The van der Waals surface area contributed by atoms with Crippen LogP contribution in [0.5, 0.6) is 0 Å². The summed E-state index contributed by atoms with van der Waals surface area (Å²) in [4.78, 5) is 11.2. The van der Waals surface area contributed by atoms with Gasteiger partial charge in [-0.2, -0.15) is 0 Å². The molecule has 0 spiro atoms. The fourth-order valence-electron chi connectivity index (χ4n) is 2.06. The largest absolute Gasteiger partial charge is 0.478 e. The van der Waals surface area contributed by atoms with Crippen LogP contribution in [0.2, 0.25) is 0 Å². The second-order valence-electron chi connectivity index (χ2n) is 4.79. The van der Waals surface area contributed by atoms with Crippen LogP contribution in [0.15, 0.2) is 48.6 Å². The first kappa shape index (κ1) is 12.4. The number of carboxylic acids is 1. The Balaban J connectivity index is 2.32. The maximum atomic E-state index is 11.2. The van der Waals surface area contributed by atoms with Gasteiger partial charge in [0.1, 0.15) is 0 Å². The molecular formula is C15H17NO2. The first-order valence-electron chi connectivity index (χ1n) is 5.99. The van der Waals surface area contributed by atoms with Crippen molar-refractivity contribution in [1.29, 1.82) is 0 Å². The Morgan fingerprint density at radius 1 is 1.33 bits per heavy atom. The molecule has 0 heterocycles. The van der Waals surface area contributed by atoms with E-state index in [1.807, 2.05) is 18.2 Å². The molecule has 94 valence electrons. The summed E-state index contributed by atoms with van der Waals surface area (Å²) in [6.45, 7) is 4.17. The molecule has 0 saturated carbocycles. The molecule has 0 aliphatic heterocycles. The van der Waals surface area contributed by atoms with Crippen LogP contribution in [-0.2, 0) is 0 Å². The van der Waals surface area contributed by atoms with Crippen molar-refractivity contribution in [3.05, 3.63) is 54.1 Å². The van der Waals surface area contributed by atoms with E-state index in [2.05, 4.69) is 31.3 Å². The second kappa shape index (κ2) is 4.69. The maximum absolute atomic E-state index is 11.2. The lowest BCUT2D eigenvalue weighted by Gasteiger charge is -2.35. The van der Waals surface area contributed by atoms with Gasteiger partial charge in [-0.3, -0.25) is 0 Å². The van der Waals surface area contributed by atoms with Crippen molar-refractivity contribution in [2.45, 2.75) is 19.4 Å². The Labute approximate surface area is 107 Å². The summed E-state index contributed by atoms with van der Waals surface area (Å²) in [6, 6.07) is 6.98. The number of anilines is 1. The lowest BCUT2D eigenvalue weighted by atomic mass is 9.83. The number of benzene rings is 1. The van der Waals surface area contributed by atoms with Crippen molar-refractivity contribution < 1.29 is 9.90 Å². The van der Waals surface area contributed by atoms with Gasteiger partial charge in [-0.1, -0.05) is 43.4 Å². The summed E-state index contributed by atoms with van der Waals surface area (Å²) in [7, 11) is 0. The van der Waals surface area contributed by atoms with Crippen LogP contribution in [-0.4, -0.2) is 16.6 Å². The monoisotopic (exact) mass is 243 g/mol. The van der Waals surface area contributed by atoms with E-state index in [1.54, 1.807) is 18.2 Å². The van der Waals surface area contributed by atoms with Gasteiger partial charge in [-0.05, 0) is 19.1 Å². The molecule has 18 heavy (non-hydrogen) atoms. The van der Waals surface area contributed by atoms with E-state index in [0.717, 1.165) is 0 Å². The number of nitrogens with one attached hydrogen (secondary N) is 1. The summed E-state index contributed by atoms with van der Waals surface area (Å²) >= 11 is 0. The van der Waals surface area contributed by atoms with Crippen LogP contribution in [0, 0.1) is 5.92 Å². The summed E-state index contributed by atoms with van der Waals surface area (Å²) in [6.07, 6.45) is 8.17. The molecule has 0 amide bonds. The van der Waals surface area contributed by atoms with E-state index in [-0.39, 0.29) is 5.54 Å². The highest BCUT2D eigenvalue weighted by molar-refractivity contribution is 5.94. The van der Waals surface area contributed by atoms with Gasteiger partial charge in [0.05, 0.1) is 11.1 Å².